The molecule has 0 bridgehead atoms. The van der Waals surface area contributed by atoms with E-state index in [0.717, 1.165) is 0 Å². The zero-order valence-electron chi connectivity index (χ0n) is 9.45. The van der Waals surface area contributed by atoms with Crippen LogP contribution in [0.4, 0.5) is 0 Å². The molecule has 1 unspecified atom stereocenters. The Kier molecular flexibility index (Phi) is 5.28. The molecule has 5 heteroatoms. The second kappa shape index (κ2) is 5.70. The molecule has 15 heavy (non-hydrogen) atoms. The first-order chi connectivity index (χ1) is 6.72. The SMILES string of the molecule is CC(C)(C)COC(=O)C(N)CCC(=O)O. The predicted octanol–water partition coefficient (Wildman–Crippen LogP) is 0.768. The molecule has 0 aliphatic rings. The Bertz CT molecular complexity index is 232. The summed E-state index contributed by atoms with van der Waals surface area (Å²) in [6, 6.07) is -0.844. The minimum Gasteiger partial charge on any atom is -0.481 e. The summed E-state index contributed by atoms with van der Waals surface area (Å²) in [5, 5.41) is 8.40. The van der Waals surface area contributed by atoms with Gasteiger partial charge in [-0.05, 0) is 11.8 Å². The summed E-state index contributed by atoms with van der Waals surface area (Å²) < 4.78 is 4.94. The lowest BCUT2D eigenvalue weighted by Gasteiger charge is -2.19. The van der Waals surface area contributed by atoms with E-state index in [1.807, 2.05) is 20.8 Å². The highest BCUT2D eigenvalue weighted by Crippen LogP contribution is 2.13. The van der Waals surface area contributed by atoms with Gasteiger partial charge < -0.3 is 15.6 Å². The van der Waals surface area contributed by atoms with E-state index >= 15 is 0 Å². The number of rotatable bonds is 5. The van der Waals surface area contributed by atoms with Gasteiger partial charge in [0.05, 0.1) is 6.61 Å². The van der Waals surface area contributed by atoms with Gasteiger partial charge in [-0.15, -0.1) is 0 Å². The Balaban J connectivity index is 3.84. The molecule has 0 aromatic carbocycles. The summed E-state index contributed by atoms with van der Waals surface area (Å²) >= 11 is 0. The zero-order chi connectivity index (χ0) is 12.1. The second-order valence-corrected chi connectivity index (χ2v) is 4.71. The van der Waals surface area contributed by atoms with Crippen LogP contribution in [0.25, 0.3) is 0 Å². The van der Waals surface area contributed by atoms with Gasteiger partial charge in [0.15, 0.2) is 0 Å². The third-order valence-electron chi connectivity index (χ3n) is 1.62. The Labute approximate surface area is 89.6 Å². The van der Waals surface area contributed by atoms with Crippen molar-refractivity contribution in [3.63, 3.8) is 0 Å². The molecule has 0 amide bonds. The average Bonchev–Trinajstić information content (AvgIpc) is 2.08. The van der Waals surface area contributed by atoms with Crippen molar-refractivity contribution in [1.82, 2.24) is 0 Å². The molecule has 0 radical (unpaired) electrons. The minimum atomic E-state index is -0.964. The summed E-state index contributed by atoms with van der Waals surface area (Å²) in [5.74, 6) is -1.50. The van der Waals surface area contributed by atoms with Crippen molar-refractivity contribution in [2.45, 2.75) is 39.7 Å². The fourth-order valence-electron chi connectivity index (χ4n) is 0.792. The first-order valence-corrected chi connectivity index (χ1v) is 4.86. The smallest absolute Gasteiger partial charge is 0.322 e. The molecule has 0 spiro atoms. The molecule has 0 aliphatic heterocycles. The van der Waals surface area contributed by atoms with Crippen LogP contribution in [0.1, 0.15) is 33.6 Å². The van der Waals surface area contributed by atoms with Gasteiger partial charge in [0.2, 0.25) is 0 Å². The van der Waals surface area contributed by atoms with E-state index in [2.05, 4.69) is 0 Å². The third kappa shape index (κ3) is 7.93. The highest BCUT2D eigenvalue weighted by atomic mass is 16.5. The molecular formula is C10H19NO4. The van der Waals surface area contributed by atoms with Crippen LogP contribution in [0.3, 0.4) is 0 Å². The van der Waals surface area contributed by atoms with Crippen LogP contribution in [-0.4, -0.2) is 29.7 Å². The third-order valence-corrected chi connectivity index (χ3v) is 1.62. The van der Waals surface area contributed by atoms with Crippen molar-refractivity contribution in [2.24, 2.45) is 11.1 Å². The van der Waals surface area contributed by atoms with E-state index in [-0.39, 0.29) is 24.9 Å². The van der Waals surface area contributed by atoms with Crippen LogP contribution in [0.15, 0.2) is 0 Å². The summed E-state index contributed by atoms with van der Waals surface area (Å²) in [6.45, 7) is 6.09. The van der Waals surface area contributed by atoms with Gasteiger partial charge in [-0.3, -0.25) is 9.59 Å². The second-order valence-electron chi connectivity index (χ2n) is 4.71. The van der Waals surface area contributed by atoms with Crippen LogP contribution >= 0.6 is 0 Å². The number of aliphatic carboxylic acids is 1. The van der Waals surface area contributed by atoms with Gasteiger partial charge >= 0.3 is 11.9 Å². The minimum absolute atomic E-state index is 0.109. The highest BCUT2D eigenvalue weighted by Gasteiger charge is 2.19. The topological polar surface area (TPSA) is 89.6 Å². The predicted molar refractivity (Wildman–Crippen MR) is 55.3 cm³/mol. The van der Waals surface area contributed by atoms with E-state index in [9.17, 15) is 9.59 Å². The van der Waals surface area contributed by atoms with Gasteiger partial charge in [-0.1, -0.05) is 20.8 Å². The average molecular weight is 217 g/mol. The quantitative estimate of drug-likeness (QED) is 0.664. The summed E-state index contributed by atoms with van der Waals surface area (Å²) in [7, 11) is 0. The Morgan fingerprint density at radius 2 is 1.93 bits per heavy atom. The molecule has 0 saturated carbocycles. The maximum Gasteiger partial charge on any atom is 0.322 e. The maximum atomic E-state index is 11.3. The van der Waals surface area contributed by atoms with E-state index in [1.165, 1.54) is 0 Å². The Morgan fingerprint density at radius 3 is 2.33 bits per heavy atom. The van der Waals surface area contributed by atoms with Gasteiger partial charge in [0.1, 0.15) is 6.04 Å². The molecule has 3 N–H and O–H groups in total. The van der Waals surface area contributed by atoms with Crippen LogP contribution < -0.4 is 5.73 Å². The molecule has 0 heterocycles. The summed E-state index contributed by atoms with van der Waals surface area (Å²) in [5.41, 5.74) is 5.35. The van der Waals surface area contributed by atoms with Crippen molar-refractivity contribution in [3.8, 4) is 0 Å². The van der Waals surface area contributed by atoms with Gasteiger partial charge in [0.25, 0.3) is 0 Å². The number of carbonyl (C=O) groups excluding carboxylic acids is 1. The van der Waals surface area contributed by atoms with E-state index in [4.69, 9.17) is 15.6 Å². The zero-order valence-corrected chi connectivity index (χ0v) is 9.45. The molecular weight excluding hydrogens is 198 g/mol. The monoisotopic (exact) mass is 217 g/mol. The van der Waals surface area contributed by atoms with Crippen LogP contribution in [0, 0.1) is 5.41 Å². The normalized spacial score (nSPS) is 13.3. The standard InChI is InChI=1S/C10H19NO4/c1-10(2,3)6-15-9(14)7(11)4-5-8(12)13/h7H,4-6,11H2,1-3H3,(H,12,13). The number of esters is 1. The summed E-state index contributed by atoms with van der Waals surface area (Å²) in [6.07, 6.45) is -0.00983. The lowest BCUT2D eigenvalue weighted by Crippen LogP contribution is -2.34. The van der Waals surface area contributed by atoms with E-state index in [1.54, 1.807) is 0 Å². The molecule has 0 aliphatic carbocycles. The molecule has 5 nitrogen and oxygen atoms in total. The molecule has 0 fully saturated rings. The Morgan fingerprint density at radius 1 is 1.40 bits per heavy atom. The molecule has 0 aromatic heterocycles. The number of ether oxygens (including phenoxy) is 1. The maximum absolute atomic E-state index is 11.3. The lowest BCUT2D eigenvalue weighted by molar-refractivity contribution is -0.148. The van der Waals surface area contributed by atoms with Gasteiger partial charge in [-0.2, -0.15) is 0 Å². The van der Waals surface area contributed by atoms with Crippen molar-refractivity contribution in [1.29, 1.82) is 0 Å². The fourth-order valence-corrected chi connectivity index (χ4v) is 0.792. The number of hydrogen-bond donors (Lipinski definition) is 2. The van der Waals surface area contributed by atoms with Crippen LogP contribution in [-0.2, 0) is 14.3 Å². The molecule has 1 atom stereocenters. The highest BCUT2D eigenvalue weighted by molar-refractivity contribution is 5.76. The van der Waals surface area contributed by atoms with Crippen LogP contribution in [0.5, 0.6) is 0 Å². The number of carboxylic acid groups (broad SMARTS) is 1. The number of carboxylic acids is 1. The number of carbonyl (C=O) groups is 2. The van der Waals surface area contributed by atoms with Crippen molar-refractivity contribution in [3.05, 3.63) is 0 Å². The van der Waals surface area contributed by atoms with Gasteiger partial charge in [-0.25, -0.2) is 0 Å². The lowest BCUT2D eigenvalue weighted by atomic mass is 9.99. The summed E-state index contributed by atoms with van der Waals surface area (Å²) in [4.78, 5) is 21.5. The van der Waals surface area contributed by atoms with E-state index < -0.39 is 18.0 Å². The fraction of sp³-hybridized carbons (Fsp3) is 0.800. The van der Waals surface area contributed by atoms with Gasteiger partial charge in [0, 0.05) is 6.42 Å². The Hall–Kier alpha value is -1.10. The largest absolute Gasteiger partial charge is 0.481 e. The van der Waals surface area contributed by atoms with Crippen LogP contribution in [0.2, 0.25) is 0 Å². The number of nitrogens with two attached hydrogens (primary N) is 1. The van der Waals surface area contributed by atoms with Crippen molar-refractivity contribution in [2.75, 3.05) is 6.61 Å². The molecule has 0 rings (SSSR count). The van der Waals surface area contributed by atoms with Crippen molar-refractivity contribution >= 4 is 11.9 Å². The molecule has 0 aromatic rings. The van der Waals surface area contributed by atoms with Crippen molar-refractivity contribution < 1.29 is 19.4 Å². The first-order valence-electron chi connectivity index (χ1n) is 4.86. The number of hydrogen-bond acceptors (Lipinski definition) is 4. The molecule has 0 saturated heterocycles. The first kappa shape index (κ1) is 13.9. The molecule has 88 valence electrons. The van der Waals surface area contributed by atoms with E-state index in [0.29, 0.717) is 0 Å².